The fourth-order valence-electron chi connectivity index (χ4n) is 2.76. The second kappa shape index (κ2) is 6.58. The fraction of sp³-hybridized carbons (Fsp3) is 0.500. The van der Waals surface area contributed by atoms with Crippen molar-refractivity contribution in [1.29, 1.82) is 0 Å². The van der Waals surface area contributed by atoms with Gasteiger partial charge in [-0.15, -0.1) is 0 Å². The second-order valence-corrected chi connectivity index (χ2v) is 5.65. The highest BCUT2D eigenvalue weighted by molar-refractivity contribution is 6.11. The van der Waals surface area contributed by atoms with E-state index in [1.54, 1.807) is 0 Å². The topological polar surface area (TPSA) is 34.1 Å². The fourth-order valence-corrected chi connectivity index (χ4v) is 2.76. The number of carbonyl (C=O) groups excluding carboxylic acids is 2. The van der Waals surface area contributed by atoms with Crippen LogP contribution in [0.5, 0.6) is 0 Å². The molecule has 2 rings (SSSR count). The number of hydrogen-bond donors (Lipinski definition) is 0. The molecule has 0 radical (unpaired) electrons. The Labute approximate surface area is 125 Å². The van der Waals surface area contributed by atoms with E-state index >= 15 is 0 Å². The average Bonchev–Trinajstić information content (AvgIpc) is 2.45. The Morgan fingerprint density at radius 3 is 2.45 bits per heavy atom. The summed E-state index contributed by atoms with van der Waals surface area (Å²) in [5, 5.41) is 0. The molecule has 1 aliphatic rings. The van der Waals surface area contributed by atoms with Crippen molar-refractivity contribution >= 4 is 11.6 Å². The van der Waals surface area contributed by atoms with E-state index in [0.29, 0.717) is 6.07 Å². The maximum absolute atomic E-state index is 13.8. The predicted octanol–water partition coefficient (Wildman–Crippen LogP) is 3.83. The summed E-state index contributed by atoms with van der Waals surface area (Å²) in [4.78, 5) is 24.4. The summed E-state index contributed by atoms with van der Waals surface area (Å²) in [6, 6.07) is 2.43. The van der Waals surface area contributed by atoms with E-state index in [2.05, 4.69) is 0 Å². The highest BCUT2D eigenvalue weighted by atomic mass is 19.2. The van der Waals surface area contributed by atoms with Crippen molar-refractivity contribution in [2.24, 2.45) is 11.8 Å². The quantitative estimate of drug-likeness (QED) is 0.481. The molecule has 0 heterocycles. The molecule has 2 nitrogen and oxygen atoms in total. The molecule has 0 N–H and O–H groups in total. The smallest absolute Gasteiger partial charge is 0.175 e. The van der Waals surface area contributed by atoms with Gasteiger partial charge in [0, 0.05) is 18.4 Å². The maximum Gasteiger partial charge on any atom is 0.175 e. The molecule has 6 heteroatoms. The van der Waals surface area contributed by atoms with E-state index in [0.717, 1.165) is 12.1 Å². The zero-order chi connectivity index (χ0) is 16.4. The Morgan fingerprint density at radius 2 is 1.86 bits per heavy atom. The number of Topliss-reactive ketones (excluding diaryl/α,β-unsaturated/α-hetero) is 2. The molecule has 120 valence electrons. The van der Waals surface area contributed by atoms with Gasteiger partial charge < -0.3 is 0 Å². The van der Waals surface area contributed by atoms with Gasteiger partial charge in [-0.25, -0.2) is 17.6 Å². The molecular formula is C16H16F4O2. The third-order valence-corrected chi connectivity index (χ3v) is 4.09. The number of rotatable bonds is 4. The minimum atomic E-state index is -1.63. The summed E-state index contributed by atoms with van der Waals surface area (Å²) in [5.74, 6) is -5.67. The Morgan fingerprint density at radius 1 is 1.18 bits per heavy atom. The first kappa shape index (κ1) is 16.6. The number of benzene rings is 1. The van der Waals surface area contributed by atoms with Crippen LogP contribution in [0.15, 0.2) is 18.2 Å². The predicted molar refractivity (Wildman–Crippen MR) is 72.0 cm³/mol. The summed E-state index contributed by atoms with van der Waals surface area (Å²) in [6.45, 7) is 1.27. The molecule has 0 bridgehead atoms. The lowest BCUT2D eigenvalue weighted by Crippen LogP contribution is -2.38. The number of halogens is 4. The molecule has 4 unspecified atom stereocenters. The first-order valence-corrected chi connectivity index (χ1v) is 7.12. The van der Waals surface area contributed by atoms with Crippen molar-refractivity contribution in [3.05, 3.63) is 35.4 Å². The first-order chi connectivity index (χ1) is 10.3. The SMILES string of the molecule is CC(C(=O)c1ccc(F)cc1F)C(=O)C1CCC(F)CC1F. The maximum atomic E-state index is 13.8. The van der Waals surface area contributed by atoms with Gasteiger partial charge in [-0.1, -0.05) is 0 Å². The Bertz CT molecular complexity index is 588. The molecule has 0 spiro atoms. The monoisotopic (exact) mass is 316 g/mol. The summed E-state index contributed by atoms with van der Waals surface area (Å²) in [5.41, 5.74) is -0.406. The van der Waals surface area contributed by atoms with Gasteiger partial charge in [0.15, 0.2) is 5.78 Å². The number of carbonyl (C=O) groups is 2. The van der Waals surface area contributed by atoms with Crippen molar-refractivity contribution in [3.63, 3.8) is 0 Å². The lowest BCUT2D eigenvalue weighted by molar-refractivity contribution is -0.128. The lowest BCUT2D eigenvalue weighted by Gasteiger charge is -2.28. The molecule has 0 amide bonds. The number of hydrogen-bond acceptors (Lipinski definition) is 2. The van der Waals surface area contributed by atoms with Gasteiger partial charge in [-0.3, -0.25) is 9.59 Å². The van der Waals surface area contributed by atoms with Crippen LogP contribution in [-0.2, 0) is 4.79 Å². The van der Waals surface area contributed by atoms with Gasteiger partial charge in [0.1, 0.15) is 29.8 Å². The van der Waals surface area contributed by atoms with Gasteiger partial charge in [0.2, 0.25) is 0 Å². The third kappa shape index (κ3) is 3.36. The zero-order valence-electron chi connectivity index (χ0n) is 12.0. The molecule has 1 fully saturated rings. The Hall–Kier alpha value is -1.72. The molecule has 0 aliphatic heterocycles. The van der Waals surface area contributed by atoms with Crippen molar-refractivity contribution < 1.29 is 27.2 Å². The van der Waals surface area contributed by atoms with Gasteiger partial charge >= 0.3 is 0 Å². The van der Waals surface area contributed by atoms with E-state index in [1.807, 2.05) is 0 Å². The highest BCUT2D eigenvalue weighted by Crippen LogP contribution is 2.32. The molecule has 1 aromatic carbocycles. The second-order valence-electron chi connectivity index (χ2n) is 5.65. The summed E-state index contributed by atoms with van der Waals surface area (Å²) in [6.07, 6.45) is -3.17. The van der Waals surface area contributed by atoms with E-state index in [-0.39, 0.29) is 19.3 Å². The molecule has 22 heavy (non-hydrogen) atoms. The summed E-state index contributed by atoms with van der Waals surface area (Å²) < 4.78 is 53.3. The van der Waals surface area contributed by atoms with Crippen molar-refractivity contribution in [2.75, 3.05) is 0 Å². The summed E-state index contributed by atoms with van der Waals surface area (Å²) in [7, 11) is 0. The summed E-state index contributed by atoms with van der Waals surface area (Å²) >= 11 is 0. The number of alkyl halides is 2. The van der Waals surface area contributed by atoms with E-state index in [4.69, 9.17) is 0 Å². The lowest BCUT2D eigenvalue weighted by atomic mass is 9.78. The van der Waals surface area contributed by atoms with Crippen LogP contribution in [0.25, 0.3) is 0 Å². The molecule has 1 aromatic rings. The largest absolute Gasteiger partial charge is 0.298 e. The van der Waals surface area contributed by atoms with Crippen LogP contribution >= 0.6 is 0 Å². The Kier molecular flexibility index (Phi) is 4.98. The van der Waals surface area contributed by atoms with Crippen molar-refractivity contribution in [2.45, 2.75) is 38.5 Å². The van der Waals surface area contributed by atoms with Crippen LogP contribution in [-0.4, -0.2) is 23.9 Å². The highest BCUT2D eigenvalue weighted by Gasteiger charge is 2.39. The third-order valence-electron chi connectivity index (χ3n) is 4.09. The zero-order valence-corrected chi connectivity index (χ0v) is 12.0. The molecule has 4 atom stereocenters. The van der Waals surface area contributed by atoms with E-state index in [9.17, 15) is 27.2 Å². The minimum absolute atomic E-state index is 0.0324. The van der Waals surface area contributed by atoms with Crippen LogP contribution in [0, 0.1) is 23.5 Å². The average molecular weight is 316 g/mol. The molecular weight excluding hydrogens is 300 g/mol. The van der Waals surface area contributed by atoms with Gasteiger partial charge in [-0.2, -0.15) is 0 Å². The van der Waals surface area contributed by atoms with Crippen LogP contribution in [0.1, 0.15) is 36.5 Å². The molecule has 0 saturated heterocycles. The van der Waals surface area contributed by atoms with E-state index in [1.165, 1.54) is 6.92 Å². The standard InChI is InChI=1S/C16H16F4O2/c1-8(15(21)11-4-2-9(17)6-13(11)19)16(22)12-5-3-10(18)7-14(12)20/h2,4,6,8,10,12,14H,3,5,7H2,1H3. The van der Waals surface area contributed by atoms with Crippen molar-refractivity contribution in [3.8, 4) is 0 Å². The number of ketones is 2. The van der Waals surface area contributed by atoms with Crippen LogP contribution < -0.4 is 0 Å². The van der Waals surface area contributed by atoms with Crippen LogP contribution in [0.4, 0.5) is 17.6 Å². The Balaban J connectivity index is 2.14. The van der Waals surface area contributed by atoms with Crippen molar-refractivity contribution in [1.82, 2.24) is 0 Å². The molecule has 1 aliphatic carbocycles. The molecule has 0 aromatic heterocycles. The van der Waals surface area contributed by atoms with Crippen LogP contribution in [0.2, 0.25) is 0 Å². The first-order valence-electron chi connectivity index (χ1n) is 7.12. The normalized spacial score (nSPS) is 26.5. The van der Waals surface area contributed by atoms with Gasteiger partial charge in [0.05, 0.1) is 11.5 Å². The van der Waals surface area contributed by atoms with Gasteiger partial charge in [0.25, 0.3) is 0 Å². The minimum Gasteiger partial charge on any atom is -0.298 e. The molecule has 1 saturated carbocycles. The van der Waals surface area contributed by atoms with E-state index < -0.39 is 52.9 Å². The van der Waals surface area contributed by atoms with Crippen LogP contribution in [0.3, 0.4) is 0 Å². The van der Waals surface area contributed by atoms with Gasteiger partial charge in [-0.05, 0) is 31.9 Å².